The second-order valence-corrected chi connectivity index (χ2v) is 22.5. The number of rotatable bonds is 19. The maximum atomic E-state index is 14.2. The summed E-state index contributed by atoms with van der Waals surface area (Å²) in [4.78, 5) is 98.0. The Balaban J connectivity index is 0.782. The Hall–Kier alpha value is -7.09. The van der Waals surface area contributed by atoms with E-state index in [9.17, 15) is 33.9 Å². The fraction of sp³-hybridized carbons (Fsp3) is 0.456. The SMILES string of the molecule is Cc1cc(C)c(CNC(=O)c2cc(-c3ccc(N4CCN(CCNC(=O)CCC(=O)N[C@H](C(=O)C5C[C@H](O)CC5C(=O)NCc5ccc(-c6scnc6C)cc5)C(C)(C)C)CC4)nc3)cc3c2cnn3C(C)C)c(=O)[nH]1. The second-order valence-electron chi connectivity index (χ2n) is 21.6. The fourth-order valence-corrected chi connectivity index (χ4v) is 11.2. The zero-order valence-electron chi connectivity index (χ0n) is 44.8. The van der Waals surface area contributed by atoms with E-state index >= 15 is 0 Å². The smallest absolute Gasteiger partial charge is 0.253 e. The minimum absolute atomic E-state index is 0.0516. The largest absolute Gasteiger partial charge is 0.393 e. The minimum Gasteiger partial charge on any atom is -0.393 e. The monoisotopic (exact) mass is 1050 g/mol. The van der Waals surface area contributed by atoms with Gasteiger partial charge in [-0.2, -0.15) is 5.10 Å². The molecule has 2 aromatic carbocycles. The molecule has 6 aromatic rings. The number of piperazine rings is 1. The van der Waals surface area contributed by atoms with Gasteiger partial charge >= 0.3 is 0 Å². The molecule has 0 spiro atoms. The molecule has 8 rings (SSSR count). The third-order valence-corrected chi connectivity index (χ3v) is 15.6. The van der Waals surface area contributed by atoms with Crippen molar-refractivity contribution in [2.75, 3.05) is 44.2 Å². The van der Waals surface area contributed by atoms with Crippen molar-refractivity contribution in [3.05, 3.63) is 116 Å². The number of aliphatic hydroxyl groups excluding tert-OH is 1. The molecule has 76 heavy (non-hydrogen) atoms. The van der Waals surface area contributed by atoms with Gasteiger partial charge in [0, 0.05) is 106 Å². The van der Waals surface area contributed by atoms with Crippen molar-refractivity contribution in [2.45, 2.75) is 112 Å². The average molecular weight is 1050 g/mol. The Morgan fingerprint density at radius 2 is 1.53 bits per heavy atom. The highest BCUT2D eigenvalue weighted by Gasteiger charge is 2.46. The molecule has 0 bridgehead atoms. The molecule has 4 aromatic heterocycles. The molecule has 2 aliphatic rings. The number of aryl methyl sites for hydroxylation is 3. The number of nitrogens with zero attached hydrogens (tertiary/aromatic N) is 6. The number of hydrogen-bond acceptors (Lipinski definition) is 13. The van der Waals surface area contributed by atoms with Crippen LogP contribution in [0.5, 0.6) is 0 Å². The number of pyridine rings is 2. The highest BCUT2D eigenvalue weighted by Crippen LogP contribution is 2.37. The first kappa shape index (κ1) is 55.2. The molecule has 1 aliphatic heterocycles. The number of nitrogens with one attached hydrogen (secondary N) is 5. The summed E-state index contributed by atoms with van der Waals surface area (Å²) in [6.45, 7) is 19.6. The predicted octanol–water partition coefficient (Wildman–Crippen LogP) is 6.17. The lowest BCUT2D eigenvalue weighted by atomic mass is 9.77. The van der Waals surface area contributed by atoms with E-state index in [0.29, 0.717) is 29.6 Å². The molecule has 402 valence electrons. The number of aliphatic hydroxyl groups is 1. The van der Waals surface area contributed by atoms with Crippen molar-refractivity contribution < 1.29 is 29.1 Å². The van der Waals surface area contributed by atoms with Crippen LogP contribution in [0, 0.1) is 38.0 Å². The molecule has 2 fully saturated rings. The van der Waals surface area contributed by atoms with Gasteiger partial charge in [0.15, 0.2) is 5.78 Å². The highest BCUT2D eigenvalue weighted by molar-refractivity contribution is 7.13. The Bertz CT molecular complexity index is 3130. The second kappa shape index (κ2) is 23.8. The molecule has 1 saturated carbocycles. The Labute approximate surface area is 447 Å². The van der Waals surface area contributed by atoms with Gasteiger partial charge in [0.05, 0.1) is 51.4 Å². The lowest BCUT2D eigenvalue weighted by Gasteiger charge is -2.35. The zero-order valence-corrected chi connectivity index (χ0v) is 45.6. The van der Waals surface area contributed by atoms with Crippen LogP contribution in [0.4, 0.5) is 5.82 Å². The van der Waals surface area contributed by atoms with Crippen molar-refractivity contribution in [3.8, 4) is 21.6 Å². The van der Waals surface area contributed by atoms with Crippen LogP contribution in [0.2, 0.25) is 0 Å². The van der Waals surface area contributed by atoms with Gasteiger partial charge in [0.2, 0.25) is 17.7 Å². The maximum Gasteiger partial charge on any atom is 0.253 e. The number of aromatic amines is 1. The van der Waals surface area contributed by atoms with E-state index in [1.807, 2.05) is 126 Å². The summed E-state index contributed by atoms with van der Waals surface area (Å²) in [6.07, 6.45) is 2.82. The molecule has 1 aliphatic carbocycles. The average Bonchev–Trinajstić information content (AvgIpc) is 4.15. The molecule has 4 amide bonds. The Morgan fingerprint density at radius 1 is 0.816 bits per heavy atom. The number of fused-ring (bicyclic) bond motifs is 1. The quantitative estimate of drug-likeness (QED) is 0.0535. The number of thiazole rings is 1. The Kier molecular flexibility index (Phi) is 17.3. The number of H-pyrrole nitrogens is 1. The lowest BCUT2D eigenvalue weighted by Crippen LogP contribution is -2.52. The molecule has 5 heterocycles. The van der Waals surface area contributed by atoms with Crippen LogP contribution in [-0.2, 0) is 32.3 Å². The summed E-state index contributed by atoms with van der Waals surface area (Å²) in [5, 5.41) is 27.7. The number of anilines is 1. The highest BCUT2D eigenvalue weighted by atomic mass is 32.1. The molecule has 2 unspecified atom stereocenters. The predicted molar refractivity (Wildman–Crippen MR) is 295 cm³/mol. The van der Waals surface area contributed by atoms with E-state index in [1.54, 1.807) is 17.5 Å². The van der Waals surface area contributed by atoms with E-state index < -0.39 is 35.3 Å². The minimum atomic E-state index is -0.928. The van der Waals surface area contributed by atoms with Crippen molar-refractivity contribution in [1.82, 2.24) is 50.9 Å². The van der Waals surface area contributed by atoms with Crippen LogP contribution in [0.25, 0.3) is 32.5 Å². The summed E-state index contributed by atoms with van der Waals surface area (Å²) in [7, 11) is 0. The first-order valence-electron chi connectivity index (χ1n) is 26.2. The summed E-state index contributed by atoms with van der Waals surface area (Å²) in [5.74, 6) is -2.32. The molecule has 19 heteroatoms. The summed E-state index contributed by atoms with van der Waals surface area (Å²) in [6, 6.07) is 16.8. The number of benzene rings is 2. The third-order valence-electron chi connectivity index (χ3n) is 14.6. The van der Waals surface area contributed by atoms with Gasteiger partial charge in [-0.25, -0.2) is 9.97 Å². The van der Waals surface area contributed by atoms with Crippen molar-refractivity contribution in [3.63, 3.8) is 0 Å². The van der Waals surface area contributed by atoms with E-state index in [1.165, 1.54) is 0 Å². The maximum absolute atomic E-state index is 14.2. The number of carbonyl (C=O) groups is 5. The van der Waals surface area contributed by atoms with Gasteiger partial charge < -0.3 is 36.3 Å². The van der Waals surface area contributed by atoms with Gasteiger partial charge in [0.25, 0.3) is 11.5 Å². The standard InChI is InChI=1S/C57H71N11O7S/c1-33(2)68-47-25-40(24-43(46(47)31-63-68)54(73)61-30-45-34(3)23-35(4)64-56(45)75)39-13-14-48(59-29-39)67-21-19-66(20-22-67)18-17-58-49(70)15-16-50(71)65-53(57(6,7)8)51(72)42-26-41(69)27-44(42)55(74)60-28-37-9-11-38(12-10-37)52-36(5)62-32-76-52/h9-14,23-25,29,31-33,41-42,44,53,69H,15-22,26-28,30H2,1-8H3,(H,58,70)(H,60,74)(H,61,73)(H,64,75)(H,65,71)/t41-,42?,44?,53+/m0/s1. The van der Waals surface area contributed by atoms with Gasteiger partial charge in [-0.15, -0.1) is 11.3 Å². The first-order valence-corrected chi connectivity index (χ1v) is 27.1. The lowest BCUT2D eigenvalue weighted by molar-refractivity contribution is -0.137. The topological polar surface area (TPSA) is 237 Å². The number of Topliss-reactive ketones (excluding diaryl/α,β-unsaturated/α-hetero) is 1. The van der Waals surface area contributed by atoms with E-state index in [-0.39, 0.29) is 73.9 Å². The molecule has 4 atom stereocenters. The number of amides is 4. The van der Waals surface area contributed by atoms with Gasteiger partial charge in [-0.3, -0.25) is 38.3 Å². The number of carbonyl (C=O) groups excluding carboxylic acids is 5. The van der Waals surface area contributed by atoms with Crippen molar-refractivity contribution in [1.29, 1.82) is 0 Å². The zero-order chi connectivity index (χ0) is 54.4. The normalized spacial score (nSPS) is 17.4. The van der Waals surface area contributed by atoms with Crippen LogP contribution in [-0.4, -0.2) is 116 Å². The van der Waals surface area contributed by atoms with Crippen LogP contribution in [0.3, 0.4) is 0 Å². The molecular formula is C57H71N11O7S. The van der Waals surface area contributed by atoms with Crippen LogP contribution < -0.4 is 31.7 Å². The van der Waals surface area contributed by atoms with E-state index in [2.05, 4.69) is 46.1 Å². The molecule has 0 radical (unpaired) electrons. The van der Waals surface area contributed by atoms with Gasteiger partial charge in [0.1, 0.15) is 5.82 Å². The number of hydrogen-bond donors (Lipinski definition) is 6. The summed E-state index contributed by atoms with van der Waals surface area (Å²) < 4.78 is 1.89. The Morgan fingerprint density at radius 3 is 2.18 bits per heavy atom. The van der Waals surface area contributed by atoms with Gasteiger partial charge in [-0.05, 0) is 105 Å². The third kappa shape index (κ3) is 13.1. The summed E-state index contributed by atoms with van der Waals surface area (Å²) >= 11 is 1.57. The number of ketones is 1. The molecule has 18 nitrogen and oxygen atoms in total. The van der Waals surface area contributed by atoms with Crippen molar-refractivity contribution in [2.24, 2.45) is 17.3 Å². The van der Waals surface area contributed by atoms with Crippen LogP contribution in [0.1, 0.15) is 105 Å². The number of aromatic nitrogens is 5. The molecular weight excluding hydrogens is 983 g/mol. The first-order chi connectivity index (χ1) is 36.2. The summed E-state index contributed by atoms with van der Waals surface area (Å²) in [5.41, 5.74) is 8.81. The van der Waals surface area contributed by atoms with E-state index in [4.69, 9.17) is 4.98 Å². The molecule has 6 N–H and O–H groups in total. The van der Waals surface area contributed by atoms with Crippen LogP contribution in [0.15, 0.2) is 77.3 Å². The van der Waals surface area contributed by atoms with Gasteiger partial charge in [-0.1, -0.05) is 45.0 Å². The van der Waals surface area contributed by atoms with Crippen molar-refractivity contribution >= 4 is 57.5 Å². The molecule has 1 saturated heterocycles. The fourth-order valence-electron chi connectivity index (χ4n) is 10.3. The van der Waals surface area contributed by atoms with Crippen LogP contribution >= 0.6 is 11.3 Å². The van der Waals surface area contributed by atoms with E-state index in [0.717, 1.165) is 81.6 Å².